The molecule has 0 aliphatic heterocycles. The number of hydrogen-bond donors (Lipinski definition) is 1. The Balaban J connectivity index is 1.46. The molecule has 0 spiro atoms. The van der Waals surface area contributed by atoms with Gasteiger partial charge in [0.1, 0.15) is 5.56 Å². The average molecular weight is 539 g/mol. The fraction of sp³-hybridized carbons (Fsp3) is 0.185. The van der Waals surface area contributed by atoms with Crippen molar-refractivity contribution in [1.82, 2.24) is 24.4 Å². The third-order valence-corrected chi connectivity index (χ3v) is 6.23. The van der Waals surface area contributed by atoms with Crippen LogP contribution in [0.1, 0.15) is 46.9 Å². The lowest BCUT2D eigenvalue weighted by Gasteiger charge is -2.12. The van der Waals surface area contributed by atoms with E-state index in [9.17, 15) is 18.0 Å². The number of nitrogens with zero attached hydrogens (tertiary/aromatic N) is 5. The van der Waals surface area contributed by atoms with Gasteiger partial charge in [0.2, 0.25) is 0 Å². The van der Waals surface area contributed by atoms with Gasteiger partial charge in [-0.3, -0.25) is 9.48 Å². The van der Waals surface area contributed by atoms with Crippen LogP contribution in [0.2, 0.25) is 5.02 Å². The van der Waals surface area contributed by atoms with E-state index in [1.807, 2.05) is 38.1 Å². The Kier molecular flexibility index (Phi) is 6.66. The Morgan fingerprint density at radius 2 is 1.84 bits per heavy atom. The van der Waals surface area contributed by atoms with E-state index in [4.69, 9.17) is 11.6 Å². The molecule has 1 amide bonds. The third kappa shape index (κ3) is 5.26. The first-order valence-corrected chi connectivity index (χ1v) is 12.1. The summed E-state index contributed by atoms with van der Waals surface area (Å²) in [5, 5.41) is 11.4. The summed E-state index contributed by atoms with van der Waals surface area (Å²) in [6.45, 7) is 4.47. The van der Waals surface area contributed by atoms with Crippen molar-refractivity contribution in [2.24, 2.45) is 0 Å². The molecule has 0 atom stereocenters. The summed E-state index contributed by atoms with van der Waals surface area (Å²) in [5.41, 5.74) is 1.19. The third-order valence-electron chi connectivity index (χ3n) is 6.00. The zero-order valence-corrected chi connectivity index (χ0v) is 21.1. The molecule has 38 heavy (non-hydrogen) atoms. The highest BCUT2D eigenvalue weighted by Crippen LogP contribution is 2.33. The number of amides is 1. The van der Waals surface area contributed by atoms with Gasteiger partial charge in [-0.05, 0) is 35.2 Å². The molecule has 3 heterocycles. The van der Waals surface area contributed by atoms with E-state index in [2.05, 4.69) is 20.5 Å². The Morgan fingerprint density at radius 1 is 1.08 bits per heavy atom. The molecular formula is C27H22ClF3N6O. The van der Waals surface area contributed by atoms with Gasteiger partial charge in [-0.25, -0.2) is 9.50 Å². The summed E-state index contributed by atoms with van der Waals surface area (Å²) < 4.78 is 44.1. The quantitative estimate of drug-likeness (QED) is 0.261. The van der Waals surface area contributed by atoms with Crippen molar-refractivity contribution in [3.63, 3.8) is 0 Å². The van der Waals surface area contributed by atoms with Crippen LogP contribution in [0.5, 0.6) is 0 Å². The number of halogens is 4. The van der Waals surface area contributed by atoms with E-state index in [0.717, 1.165) is 23.4 Å². The average Bonchev–Trinajstić information content (AvgIpc) is 3.49. The summed E-state index contributed by atoms with van der Waals surface area (Å²) in [5.74, 6) is -0.182. The molecule has 2 aromatic carbocycles. The van der Waals surface area contributed by atoms with E-state index in [1.54, 1.807) is 41.2 Å². The Bertz CT molecular complexity index is 1620. The summed E-state index contributed by atoms with van der Waals surface area (Å²) in [6.07, 6.45) is -1.97. The fourth-order valence-electron chi connectivity index (χ4n) is 4.03. The first-order valence-electron chi connectivity index (χ1n) is 11.7. The molecule has 1 N–H and O–H groups in total. The van der Waals surface area contributed by atoms with E-state index in [0.29, 0.717) is 21.6 Å². The topological polar surface area (TPSA) is 77.1 Å². The molecule has 0 bridgehead atoms. The summed E-state index contributed by atoms with van der Waals surface area (Å²) in [6, 6.07) is 16.9. The van der Waals surface area contributed by atoms with Gasteiger partial charge in [0, 0.05) is 22.8 Å². The van der Waals surface area contributed by atoms with E-state index in [1.165, 1.54) is 0 Å². The van der Waals surface area contributed by atoms with Crippen molar-refractivity contribution < 1.29 is 18.0 Å². The lowest BCUT2D eigenvalue weighted by Crippen LogP contribution is -2.16. The van der Waals surface area contributed by atoms with Crippen LogP contribution in [-0.2, 0) is 12.7 Å². The number of hydrogen-bond acceptors (Lipinski definition) is 4. The number of fused-ring (bicyclic) bond motifs is 1. The van der Waals surface area contributed by atoms with Gasteiger partial charge in [-0.2, -0.15) is 23.4 Å². The Labute approximate surface area is 220 Å². The smallest absolute Gasteiger partial charge is 0.305 e. The predicted octanol–water partition coefficient (Wildman–Crippen LogP) is 6.69. The summed E-state index contributed by atoms with van der Waals surface area (Å²) >= 11 is 6.03. The maximum atomic E-state index is 13.9. The number of rotatable bonds is 6. The zero-order valence-electron chi connectivity index (χ0n) is 20.4. The molecule has 5 aromatic rings. The largest absolute Gasteiger partial charge is 0.433 e. The van der Waals surface area contributed by atoms with Crippen molar-refractivity contribution in [2.45, 2.75) is 32.5 Å². The molecule has 0 aliphatic rings. The van der Waals surface area contributed by atoms with Gasteiger partial charge in [0.05, 0.1) is 18.4 Å². The maximum Gasteiger partial charge on any atom is 0.433 e. The monoisotopic (exact) mass is 538 g/mol. The molecule has 0 saturated heterocycles. The summed E-state index contributed by atoms with van der Waals surface area (Å²) in [7, 11) is 0. The van der Waals surface area contributed by atoms with Gasteiger partial charge in [-0.1, -0.05) is 61.8 Å². The van der Waals surface area contributed by atoms with Gasteiger partial charge in [-0.15, -0.1) is 0 Å². The molecule has 5 rings (SSSR count). The number of alkyl halides is 3. The predicted molar refractivity (Wildman–Crippen MR) is 138 cm³/mol. The molecule has 3 aromatic heterocycles. The Hall–Kier alpha value is -4.18. The fourth-order valence-corrected chi connectivity index (χ4v) is 4.25. The molecule has 11 heteroatoms. The number of nitrogens with one attached hydrogen (secondary N) is 1. The number of carbonyl (C=O) groups excluding carboxylic acids is 1. The lowest BCUT2D eigenvalue weighted by atomic mass is 10.0. The zero-order chi connectivity index (χ0) is 27.0. The van der Waals surface area contributed by atoms with Crippen molar-refractivity contribution in [3.8, 4) is 11.3 Å². The maximum absolute atomic E-state index is 13.9. The first kappa shape index (κ1) is 25.5. The van der Waals surface area contributed by atoms with Crippen molar-refractivity contribution >= 4 is 29.0 Å². The molecule has 7 nitrogen and oxygen atoms in total. The second kappa shape index (κ2) is 9.94. The minimum atomic E-state index is -4.72. The number of carbonyl (C=O) groups is 1. The van der Waals surface area contributed by atoms with Gasteiger partial charge >= 0.3 is 6.18 Å². The van der Waals surface area contributed by atoms with E-state index in [-0.39, 0.29) is 28.6 Å². The minimum Gasteiger partial charge on any atom is -0.305 e. The number of anilines is 1. The van der Waals surface area contributed by atoms with Gasteiger partial charge < -0.3 is 5.32 Å². The normalized spacial score (nSPS) is 11.9. The molecule has 194 valence electrons. The second-order valence-corrected chi connectivity index (χ2v) is 9.51. The van der Waals surface area contributed by atoms with Crippen LogP contribution in [-0.4, -0.2) is 30.3 Å². The highest BCUT2D eigenvalue weighted by molar-refractivity contribution is 6.30. The molecule has 0 radical (unpaired) electrons. The first-order chi connectivity index (χ1) is 18.1. The van der Waals surface area contributed by atoms with Crippen LogP contribution in [0.25, 0.3) is 16.9 Å². The van der Waals surface area contributed by atoms with E-state index < -0.39 is 17.8 Å². The summed E-state index contributed by atoms with van der Waals surface area (Å²) in [4.78, 5) is 17.5. The van der Waals surface area contributed by atoms with Crippen LogP contribution in [0.15, 0.2) is 73.1 Å². The minimum absolute atomic E-state index is 0.0838. The molecule has 0 unspecified atom stereocenters. The standard InChI is InChI=1S/C27H22ClF3N6O/c1-16(2)18-6-8-19(9-7-18)22-13-23(27(29,30)31)37-25(33-22)21(14-32-37)26(38)34-24-10-11-36(35-24)15-17-4-3-5-20(28)12-17/h3-14,16H,15H2,1-2H3,(H,34,35,38). The van der Waals surface area contributed by atoms with E-state index >= 15 is 0 Å². The lowest BCUT2D eigenvalue weighted by molar-refractivity contribution is -0.142. The Morgan fingerprint density at radius 3 is 2.53 bits per heavy atom. The van der Waals surface area contributed by atoms with Crippen LogP contribution in [0.4, 0.5) is 19.0 Å². The van der Waals surface area contributed by atoms with Crippen LogP contribution in [0.3, 0.4) is 0 Å². The molecule has 0 saturated carbocycles. The number of benzene rings is 2. The highest BCUT2D eigenvalue weighted by atomic mass is 35.5. The molecule has 0 fully saturated rings. The van der Waals surface area contributed by atoms with Crippen molar-refractivity contribution in [3.05, 3.63) is 100 Å². The second-order valence-electron chi connectivity index (χ2n) is 9.08. The van der Waals surface area contributed by atoms with Crippen LogP contribution < -0.4 is 5.32 Å². The number of aromatic nitrogens is 5. The van der Waals surface area contributed by atoms with Crippen LogP contribution >= 0.6 is 11.6 Å². The van der Waals surface area contributed by atoms with Crippen molar-refractivity contribution in [1.29, 1.82) is 0 Å². The molecular weight excluding hydrogens is 517 g/mol. The van der Waals surface area contributed by atoms with Gasteiger partial charge in [0.25, 0.3) is 5.91 Å². The molecule has 0 aliphatic carbocycles. The highest BCUT2D eigenvalue weighted by Gasteiger charge is 2.36. The SMILES string of the molecule is CC(C)c1ccc(-c2cc(C(F)(F)F)n3ncc(C(=O)Nc4ccn(Cc5cccc(Cl)c5)n4)c3n2)cc1. The van der Waals surface area contributed by atoms with Crippen molar-refractivity contribution in [2.75, 3.05) is 5.32 Å². The van der Waals surface area contributed by atoms with Crippen LogP contribution in [0, 0.1) is 0 Å². The van der Waals surface area contributed by atoms with Gasteiger partial charge in [0.15, 0.2) is 17.2 Å².